The topological polar surface area (TPSA) is 124 Å². The second kappa shape index (κ2) is 11.5. The number of benzene rings is 3. The van der Waals surface area contributed by atoms with Gasteiger partial charge in [-0.15, -0.1) is 0 Å². The number of nitrogens with one attached hydrogen (secondary N) is 1. The van der Waals surface area contributed by atoms with Crippen LogP contribution >= 0.6 is 0 Å². The van der Waals surface area contributed by atoms with Gasteiger partial charge in [0.2, 0.25) is 6.10 Å². The molecule has 0 aliphatic rings. The fourth-order valence-electron chi connectivity index (χ4n) is 4.23. The van der Waals surface area contributed by atoms with E-state index in [9.17, 15) is 14.7 Å². The van der Waals surface area contributed by atoms with Crippen LogP contribution in [0.25, 0.3) is 0 Å². The molecule has 1 aromatic heterocycles. The van der Waals surface area contributed by atoms with Crippen molar-refractivity contribution < 1.29 is 24.2 Å². The molecule has 0 aliphatic heterocycles. The minimum Gasteiger partial charge on any atom is -0.497 e. The van der Waals surface area contributed by atoms with Crippen molar-refractivity contribution in [2.75, 3.05) is 7.11 Å². The molecule has 2 N–H and O–H groups in total. The van der Waals surface area contributed by atoms with Gasteiger partial charge in [0.1, 0.15) is 22.9 Å². The number of carboxylic acids is 1. The Hall–Kier alpha value is -4.79. The highest BCUT2D eigenvalue weighted by atomic mass is 16.5. The standard InChI is InChI=1S/C29H28N4O5/c1-4-24-30-19(2)31-28(32-24)38-25(27(35)36)29(21-11-7-5-8-12-21,22-13-9-6-10-14-22)33-26(34)20-15-17-23(37-3)18-16-20/h5-18,25H,4H2,1-3H3,(H,33,34)(H,35,36). The highest BCUT2D eigenvalue weighted by molar-refractivity contribution is 5.96. The molecule has 1 atom stereocenters. The summed E-state index contributed by atoms with van der Waals surface area (Å²) in [7, 11) is 1.53. The van der Waals surface area contributed by atoms with Crippen molar-refractivity contribution >= 4 is 11.9 Å². The molecule has 1 amide bonds. The minimum absolute atomic E-state index is 0.142. The molecule has 9 nitrogen and oxygen atoms in total. The maximum atomic E-state index is 13.7. The highest BCUT2D eigenvalue weighted by Crippen LogP contribution is 2.36. The lowest BCUT2D eigenvalue weighted by atomic mass is 9.77. The monoisotopic (exact) mass is 512 g/mol. The third-order valence-electron chi connectivity index (χ3n) is 6.05. The number of carbonyl (C=O) groups excluding carboxylic acids is 1. The van der Waals surface area contributed by atoms with E-state index in [1.807, 2.05) is 19.1 Å². The molecule has 0 bridgehead atoms. The zero-order valence-corrected chi connectivity index (χ0v) is 21.3. The number of ether oxygens (including phenoxy) is 2. The van der Waals surface area contributed by atoms with Crippen molar-refractivity contribution in [3.63, 3.8) is 0 Å². The molecule has 194 valence electrons. The smallest absolute Gasteiger partial charge is 0.348 e. The molecule has 4 aromatic rings. The average Bonchev–Trinajstić information content (AvgIpc) is 2.95. The van der Waals surface area contributed by atoms with Crippen LogP contribution in [0, 0.1) is 6.92 Å². The molecule has 0 saturated carbocycles. The number of methoxy groups -OCH3 is 1. The lowest BCUT2D eigenvalue weighted by Gasteiger charge is -2.39. The lowest BCUT2D eigenvalue weighted by molar-refractivity contribution is -0.148. The van der Waals surface area contributed by atoms with Gasteiger partial charge < -0.3 is 19.9 Å². The van der Waals surface area contributed by atoms with Gasteiger partial charge in [-0.1, -0.05) is 67.6 Å². The average molecular weight is 513 g/mol. The summed E-state index contributed by atoms with van der Waals surface area (Å²) in [6.45, 7) is 3.55. The molecule has 1 heterocycles. The van der Waals surface area contributed by atoms with Crippen LogP contribution in [0.2, 0.25) is 0 Å². The van der Waals surface area contributed by atoms with Gasteiger partial charge in [0, 0.05) is 12.0 Å². The summed E-state index contributed by atoms with van der Waals surface area (Å²) in [6, 6.07) is 24.1. The normalized spacial score (nSPS) is 11.9. The third-order valence-corrected chi connectivity index (χ3v) is 6.05. The Bertz CT molecular complexity index is 1360. The van der Waals surface area contributed by atoms with Crippen LogP contribution in [0.3, 0.4) is 0 Å². The van der Waals surface area contributed by atoms with Gasteiger partial charge in [-0.05, 0) is 42.3 Å². The number of amides is 1. The molecule has 0 aliphatic carbocycles. The minimum atomic E-state index is -1.67. The van der Waals surface area contributed by atoms with Crippen LogP contribution in [-0.4, -0.2) is 45.1 Å². The molecule has 0 spiro atoms. The third kappa shape index (κ3) is 5.46. The van der Waals surface area contributed by atoms with E-state index >= 15 is 0 Å². The summed E-state index contributed by atoms with van der Waals surface area (Å²) < 4.78 is 11.3. The van der Waals surface area contributed by atoms with Gasteiger partial charge in [-0.2, -0.15) is 9.97 Å². The summed E-state index contributed by atoms with van der Waals surface area (Å²) in [6.07, 6.45) is -1.14. The van der Waals surface area contributed by atoms with Gasteiger partial charge in [-0.25, -0.2) is 9.78 Å². The second-order valence-electron chi connectivity index (χ2n) is 8.49. The maximum absolute atomic E-state index is 13.7. The van der Waals surface area contributed by atoms with Gasteiger partial charge in [-0.3, -0.25) is 4.79 Å². The van der Waals surface area contributed by atoms with E-state index in [2.05, 4.69) is 20.3 Å². The fraction of sp³-hybridized carbons (Fsp3) is 0.207. The number of nitrogens with zero attached hydrogens (tertiary/aromatic N) is 3. The van der Waals surface area contributed by atoms with Gasteiger partial charge in [0.15, 0.2) is 0 Å². The van der Waals surface area contributed by atoms with E-state index in [-0.39, 0.29) is 6.01 Å². The zero-order chi connectivity index (χ0) is 27.1. The first-order valence-corrected chi connectivity index (χ1v) is 12.1. The number of carbonyl (C=O) groups is 2. The number of aromatic nitrogens is 3. The highest BCUT2D eigenvalue weighted by Gasteiger charge is 2.50. The molecular formula is C29H28N4O5. The first-order valence-electron chi connectivity index (χ1n) is 12.1. The molecule has 3 aromatic carbocycles. The van der Waals surface area contributed by atoms with E-state index in [4.69, 9.17) is 9.47 Å². The Labute approximate surface area is 220 Å². The summed E-state index contributed by atoms with van der Waals surface area (Å²) in [5, 5.41) is 13.6. The van der Waals surface area contributed by atoms with Crippen molar-refractivity contribution in [3.05, 3.63) is 113 Å². The zero-order valence-electron chi connectivity index (χ0n) is 21.3. The molecule has 1 unspecified atom stereocenters. The van der Waals surface area contributed by atoms with Crippen LogP contribution in [0.1, 0.15) is 40.1 Å². The van der Waals surface area contributed by atoms with Crippen molar-refractivity contribution in [1.29, 1.82) is 0 Å². The second-order valence-corrected chi connectivity index (χ2v) is 8.49. The Kier molecular flexibility index (Phi) is 7.96. The predicted molar refractivity (Wildman–Crippen MR) is 140 cm³/mol. The van der Waals surface area contributed by atoms with Crippen molar-refractivity contribution in [2.45, 2.75) is 31.9 Å². The van der Waals surface area contributed by atoms with E-state index in [0.29, 0.717) is 40.5 Å². The maximum Gasteiger partial charge on any atom is 0.348 e. The number of rotatable bonds is 10. The summed E-state index contributed by atoms with van der Waals surface area (Å²) in [5.74, 6) is -0.380. The van der Waals surface area contributed by atoms with Gasteiger partial charge >= 0.3 is 12.0 Å². The lowest BCUT2D eigenvalue weighted by Crippen LogP contribution is -2.60. The molecule has 0 saturated heterocycles. The van der Waals surface area contributed by atoms with Crippen molar-refractivity contribution in [3.8, 4) is 11.8 Å². The predicted octanol–water partition coefficient (Wildman–Crippen LogP) is 3.96. The Morgan fingerprint density at radius 1 is 0.895 bits per heavy atom. The van der Waals surface area contributed by atoms with E-state index in [1.165, 1.54) is 7.11 Å². The molecular weight excluding hydrogens is 484 g/mol. The number of aryl methyl sites for hydroxylation is 2. The van der Waals surface area contributed by atoms with Crippen LogP contribution in [0.5, 0.6) is 11.8 Å². The van der Waals surface area contributed by atoms with E-state index in [0.717, 1.165) is 0 Å². The van der Waals surface area contributed by atoms with Crippen molar-refractivity contribution in [1.82, 2.24) is 20.3 Å². The molecule has 4 rings (SSSR count). The largest absolute Gasteiger partial charge is 0.497 e. The van der Waals surface area contributed by atoms with E-state index < -0.39 is 23.5 Å². The van der Waals surface area contributed by atoms with Crippen LogP contribution in [0.15, 0.2) is 84.9 Å². The molecule has 38 heavy (non-hydrogen) atoms. The summed E-state index contributed by atoms with van der Waals surface area (Å²) in [5.41, 5.74) is -0.350. The summed E-state index contributed by atoms with van der Waals surface area (Å²) >= 11 is 0. The number of hydrogen-bond donors (Lipinski definition) is 2. The Balaban J connectivity index is 1.92. The Morgan fingerprint density at radius 2 is 1.47 bits per heavy atom. The van der Waals surface area contributed by atoms with Crippen LogP contribution in [-0.2, 0) is 16.8 Å². The first kappa shape index (κ1) is 26.3. The molecule has 9 heteroatoms. The van der Waals surface area contributed by atoms with E-state index in [1.54, 1.807) is 79.7 Å². The Morgan fingerprint density at radius 3 is 1.97 bits per heavy atom. The number of aliphatic carboxylic acids is 1. The van der Waals surface area contributed by atoms with Gasteiger partial charge in [0.25, 0.3) is 5.91 Å². The quantitative estimate of drug-likeness (QED) is 0.327. The van der Waals surface area contributed by atoms with Crippen LogP contribution < -0.4 is 14.8 Å². The molecule has 0 fully saturated rings. The van der Waals surface area contributed by atoms with Crippen LogP contribution in [0.4, 0.5) is 0 Å². The SMILES string of the molecule is CCc1nc(C)nc(OC(C(=O)O)C(NC(=O)c2ccc(OC)cc2)(c2ccccc2)c2ccccc2)n1. The summed E-state index contributed by atoms with van der Waals surface area (Å²) in [4.78, 5) is 39.5. The van der Waals surface area contributed by atoms with Crippen molar-refractivity contribution in [2.24, 2.45) is 0 Å². The molecule has 0 radical (unpaired) electrons. The first-order chi connectivity index (χ1) is 18.4. The number of carboxylic acid groups (broad SMARTS) is 1. The fourth-order valence-corrected chi connectivity index (χ4v) is 4.23. The number of hydrogen-bond acceptors (Lipinski definition) is 7. The van der Waals surface area contributed by atoms with Gasteiger partial charge in [0.05, 0.1) is 7.11 Å².